The standard InChI is InChI=1S/C26H24NO2P/c1-18(2)22-17-28-26(27-22)24-25(21-15-9-10-16-23(21)29-24)30(19-11-5-3-6-12-19)20-13-7-4-8-14-20/h3-16,18,22H,17H2,1-2H3. The van der Waals surface area contributed by atoms with Gasteiger partial charge >= 0.3 is 0 Å². The molecule has 150 valence electrons. The molecule has 2 heterocycles. The van der Waals surface area contributed by atoms with Gasteiger partial charge in [-0.05, 0) is 30.5 Å². The zero-order valence-corrected chi connectivity index (χ0v) is 18.1. The molecule has 1 aliphatic rings. The molecule has 1 aromatic heterocycles. The van der Waals surface area contributed by atoms with Crippen molar-refractivity contribution < 1.29 is 9.15 Å². The van der Waals surface area contributed by atoms with Crippen molar-refractivity contribution in [1.29, 1.82) is 0 Å². The number of rotatable bonds is 5. The van der Waals surface area contributed by atoms with E-state index in [4.69, 9.17) is 14.1 Å². The summed E-state index contributed by atoms with van der Waals surface area (Å²) in [6.07, 6.45) is 0. The molecule has 0 amide bonds. The van der Waals surface area contributed by atoms with Crippen LogP contribution in [0.4, 0.5) is 0 Å². The lowest BCUT2D eigenvalue weighted by molar-refractivity contribution is 0.288. The molecule has 30 heavy (non-hydrogen) atoms. The van der Waals surface area contributed by atoms with E-state index in [0.717, 1.165) is 16.7 Å². The highest BCUT2D eigenvalue weighted by Gasteiger charge is 2.32. The number of hydrogen-bond acceptors (Lipinski definition) is 3. The lowest BCUT2D eigenvalue weighted by Crippen LogP contribution is -2.24. The number of fused-ring (bicyclic) bond motifs is 1. The summed E-state index contributed by atoms with van der Waals surface area (Å²) in [6, 6.07) is 29.8. The maximum absolute atomic E-state index is 6.40. The van der Waals surface area contributed by atoms with Gasteiger partial charge in [-0.3, -0.25) is 0 Å². The number of hydrogen-bond donors (Lipinski definition) is 0. The predicted octanol–water partition coefficient (Wildman–Crippen LogP) is 4.99. The molecule has 0 fully saturated rings. The minimum atomic E-state index is -0.830. The second kappa shape index (κ2) is 8.08. The number of benzene rings is 3. The van der Waals surface area contributed by atoms with Crippen LogP contribution in [0, 0.1) is 5.92 Å². The second-order valence-electron chi connectivity index (χ2n) is 7.84. The average molecular weight is 413 g/mol. The molecule has 1 atom stereocenters. The van der Waals surface area contributed by atoms with Crippen LogP contribution in [0.2, 0.25) is 0 Å². The highest BCUT2D eigenvalue weighted by Crippen LogP contribution is 2.39. The smallest absolute Gasteiger partial charge is 0.254 e. The highest BCUT2D eigenvalue weighted by atomic mass is 31.1. The van der Waals surface area contributed by atoms with Crippen LogP contribution in [0.5, 0.6) is 0 Å². The third kappa shape index (κ3) is 3.44. The summed E-state index contributed by atoms with van der Waals surface area (Å²) >= 11 is 0. The molecule has 1 aliphatic heterocycles. The third-order valence-corrected chi connectivity index (χ3v) is 7.98. The molecule has 0 bridgehead atoms. The summed E-state index contributed by atoms with van der Waals surface area (Å²) in [6.45, 7) is 4.97. The minimum absolute atomic E-state index is 0.167. The molecule has 3 nitrogen and oxygen atoms in total. The number of aliphatic imine (C=N–C) groups is 1. The molecule has 4 heteroatoms. The number of para-hydroxylation sites is 1. The predicted molar refractivity (Wildman–Crippen MR) is 126 cm³/mol. The van der Waals surface area contributed by atoms with Crippen molar-refractivity contribution >= 4 is 40.7 Å². The molecule has 0 N–H and O–H groups in total. The average Bonchev–Trinajstić information content (AvgIpc) is 3.41. The monoisotopic (exact) mass is 413 g/mol. The van der Waals surface area contributed by atoms with Gasteiger partial charge in [-0.1, -0.05) is 92.7 Å². The van der Waals surface area contributed by atoms with Crippen LogP contribution < -0.4 is 15.9 Å². The van der Waals surface area contributed by atoms with Crippen LogP contribution >= 0.6 is 7.92 Å². The topological polar surface area (TPSA) is 34.7 Å². The molecular weight excluding hydrogens is 389 g/mol. The first-order chi connectivity index (χ1) is 14.7. The van der Waals surface area contributed by atoms with E-state index < -0.39 is 7.92 Å². The minimum Gasteiger partial charge on any atom is -0.473 e. The van der Waals surface area contributed by atoms with E-state index in [-0.39, 0.29) is 6.04 Å². The number of nitrogens with zero attached hydrogens (tertiary/aromatic N) is 1. The van der Waals surface area contributed by atoms with Gasteiger partial charge in [-0.25, -0.2) is 4.99 Å². The lowest BCUT2D eigenvalue weighted by atomic mass is 10.1. The van der Waals surface area contributed by atoms with Gasteiger partial charge in [0.1, 0.15) is 12.2 Å². The van der Waals surface area contributed by atoms with E-state index in [1.807, 2.05) is 12.1 Å². The van der Waals surface area contributed by atoms with Crippen LogP contribution in [-0.4, -0.2) is 18.5 Å². The zero-order chi connectivity index (χ0) is 20.5. The van der Waals surface area contributed by atoms with Crippen LogP contribution in [0.1, 0.15) is 19.6 Å². The Morgan fingerprint density at radius 3 is 2.03 bits per heavy atom. The molecule has 3 aromatic carbocycles. The molecule has 0 spiro atoms. The Kier molecular flexibility index (Phi) is 5.14. The molecule has 0 radical (unpaired) electrons. The van der Waals surface area contributed by atoms with Crippen molar-refractivity contribution in [3.63, 3.8) is 0 Å². The molecule has 0 aliphatic carbocycles. The Labute approximate surface area is 178 Å². The van der Waals surface area contributed by atoms with E-state index in [1.54, 1.807) is 0 Å². The normalized spacial score (nSPS) is 16.3. The fourth-order valence-corrected chi connectivity index (χ4v) is 6.34. The van der Waals surface area contributed by atoms with Gasteiger partial charge < -0.3 is 9.15 Å². The Morgan fingerprint density at radius 2 is 1.43 bits per heavy atom. The van der Waals surface area contributed by atoms with E-state index in [0.29, 0.717) is 18.4 Å². The molecule has 4 aromatic rings. The summed E-state index contributed by atoms with van der Waals surface area (Å²) < 4.78 is 12.5. The van der Waals surface area contributed by atoms with Gasteiger partial charge in [-0.2, -0.15) is 0 Å². The quantitative estimate of drug-likeness (QED) is 0.432. The molecule has 0 saturated heterocycles. The fraction of sp³-hybridized carbons (Fsp3) is 0.192. The highest BCUT2D eigenvalue weighted by molar-refractivity contribution is 7.80. The second-order valence-corrected chi connectivity index (χ2v) is 9.99. The van der Waals surface area contributed by atoms with Crippen LogP contribution in [0.25, 0.3) is 11.0 Å². The SMILES string of the molecule is CC(C)C1COC(c2oc3ccccc3c2P(c2ccccc2)c2ccccc2)=N1. The van der Waals surface area contributed by atoms with Crippen molar-refractivity contribution in [2.75, 3.05) is 6.61 Å². The Balaban J connectivity index is 1.76. The van der Waals surface area contributed by atoms with Gasteiger partial charge in [0, 0.05) is 10.7 Å². The van der Waals surface area contributed by atoms with E-state index in [1.165, 1.54) is 15.9 Å². The van der Waals surface area contributed by atoms with E-state index in [9.17, 15) is 0 Å². The van der Waals surface area contributed by atoms with Gasteiger partial charge in [0.05, 0.1) is 6.04 Å². The Bertz CT molecular complexity index is 1140. The summed E-state index contributed by atoms with van der Waals surface area (Å²) in [5.74, 6) is 1.84. The first-order valence-electron chi connectivity index (χ1n) is 10.3. The number of furan rings is 1. The Hall–Kier alpha value is -2.90. The fourth-order valence-electron chi connectivity index (χ4n) is 3.82. The van der Waals surface area contributed by atoms with Crippen molar-refractivity contribution in [1.82, 2.24) is 0 Å². The summed E-state index contributed by atoms with van der Waals surface area (Å²) in [4.78, 5) is 4.89. The van der Waals surface area contributed by atoms with Crippen LogP contribution in [0.15, 0.2) is 94.3 Å². The van der Waals surface area contributed by atoms with Crippen molar-refractivity contribution in [2.45, 2.75) is 19.9 Å². The first kappa shape index (κ1) is 19.1. The molecule has 0 saturated carbocycles. The van der Waals surface area contributed by atoms with Gasteiger partial charge in [-0.15, -0.1) is 0 Å². The maximum atomic E-state index is 6.40. The van der Waals surface area contributed by atoms with Gasteiger partial charge in [0.15, 0.2) is 5.76 Å². The molecule has 5 rings (SSSR count). The van der Waals surface area contributed by atoms with Crippen LogP contribution in [-0.2, 0) is 4.74 Å². The van der Waals surface area contributed by atoms with Gasteiger partial charge in [0.25, 0.3) is 5.90 Å². The van der Waals surface area contributed by atoms with Crippen LogP contribution in [0.3, 0.4) is 0 Å². The van der Waals surface area contributed by atoms with Crippen molar-refractivity contribution in [3.8, 4) is 0 Å². The third-order valence-electron chi connectivity index (χ3n) is 5.46. The van der Waals surface area contributed by atoms with E-state index in [2.05, 4.69) is 86.6 Å². The van der Waals surface area contributed by atoms with Gasteiger partial charge in [0.2, 0.25) is 0 Å². The summed E-state index contributed by atoms with van der Waals surface area (Å²) in [5.41, 5.74) is 0.876. The largest absolute Gasteiger partial charge is 0.473 e. The first-order valence-corrected chi connectivity index (χ1v) is 11.7. The van der Waals surface area contributed by atoms with Crippen molar-refractivity contribution in [3.05, 3.63) is 90.7 Å². The zero-order valence-electron chi connectivity index (χ0n) is 17.2. The summed E-state index contributed by atoms with van der Waals surface area (Å²) in [7, 11) is -0.830. The van der Waals surface area contributed by atoms with Crippen molar-refractivity contribution in [2.24, 2.45) is 10.9 Å². The molecule has 1 unspecified atom stereocenters. The summed E-state index contributed by atoms with van der Waals surface area (Å²) in [5, 5.41) is 4.88. The lowest BCUT2D eigenvalue weighted by Gasteiger charge is -2.19. The Morgan fingerprint density at radius 1 is 0.833 bits per heavy atom. The number of ether oxygens (including phenoxy) is 1. The maximum Gasteiger partial charge on any atom is 0.254 e. The van der Waals surface area contributed by atoms with E-state index >= 15 is 0 Å². The molecular formula is C26H24NO2P.